The van der Waals surface area contributed by atoms with E-state index >= 15 is 0 Å². The fourth-order valence-electron chi connectivity index (χ4n) is 1.60. The average Bonchev–Trinajstić information content (AvgIpc) is 2.36. The second kappa shape index (κ2) is 7.42. The minimum Gasteiger partial charge on any atom is -0.598 e. The third kappa shape index (κ3) is 5.80. The lowest BCUT2D eigenvalue weighted by atomic mass is 10.1. The summed E-state index contributed by atoms with van der Waals surface area (Å²) in [5.74, 6) is 0.433. The van der Waals surface area contributed by atoms with Crippen molar-refractivity contribution in [2.75, 3.05) is 6.61 Å². The third-order valence-electron chi connectivity index (χ3n) is 2.92. The molecule has 0 spiro atoms. The first-order chi connectivity index (χ1) is 9.61. The fraction of sp³-hybridized carbons (Fsp3) is 0.600. The summed E-state index contributed by atoms with van der Waals surface area (Å²) in [6.07, 6.45) is -2.50. The Balaban J connectivity index is 2.81. The van der Waals surface area contributed by atoms with Crippen LogP contribution in [-0.2, 0) is 11.4 Å². The van der Waals surface area contributed by atoms with Crippen LogP contribution in [0.1, 0.15) is 44.9 Å². The van der Waals surface area contributed by atoms with E-state index in [9.17, 15) is 13.3 Å². The molecule has 0 amide bonds. The predicted molar refractivity (Wildman–Crippen MR) is 82.1 cm³/mol. The standard InChI is InChI=1S/C15H23F2NO2S/c1-10-6-7-12(8-13(10)20-9-14(16)17)11(2)18-21(19)15(3,4)5/h6-8,11,14,18H,9H2,1-5H3/t11-,21?/m1/s1. The van der Waals surface area contributed by atoms with E-state index in [1.807, 2.05) is 39.8 Å². The van der Waals surface area contributed by atoms with Gasteiger partial charge in [0, 0.05) is 11.4 Å². The second-order valence-electron chi connectivity index (χ2n) is 5.95. The fourth-order valence-corrected chi connectivity index (χ4v) is 2.41. The van der Waals surface area contributed by atoms with E-state index in [2.05, 4.69) is 4.72 Å². The van der Waals surface area contributed by atoms with E-state index in [1.54, 1.807) is 13.0 Å². The third-order valence-corrected chi connectivity index (χ3v) is 4.60. The smallest absolute Gasteiger partial charge is 0.272 e. The Kier molecular flexibility index (Phi) is 6.43. The molecule has 120 valence electrons. The minimum absolute atomic E-state index is 0.167. The summed E-state index contributed by atoms with van der Waals surface area (Å²) >= 11 is -1.20. The summed E-state index contributed by atoms with van der Waals surface area (Å²) in [5.41, 5.74) is 1.64. The quantitative estimate of drug-likeness (QED) is 0.812. The van der Waals surface area contributed by atoms with Gasteiger partial charge in [0.15, 0.2) is 0 Å². The van der Waals surface area contributed by atoms with Gasteiger partial charge in [-0.3, -0.25) is 0 Å². The number of aryl methyl sites for hydroxylation is 1. The van der Waals surface area contributed by atoms with Crippen LogP contribution in [0.25, 0.3) is 0 Å². The summed E-state index contributed by atoms with van der Waals surface area (Å²) in [6.45, 7) is 8.71. The van der Waals surface area contributed by atoms with E-state index in [1.165, 1.54) is 0 Å². The van der Waals surface area contributed by atoms with Gasteiger partial charge in [-0.1, -0.05) is 12.1 Å². The van der Waals surface area contributed by atoms with E-state index in [0.29, 0.717) is 5.75 Å². The molecular weight excluding hydrogens is 296 g/mol. The molecule has 0 aliphatic rings. The molecule has 1 rings (SSSR count). The molecule has 2 atom stereocenters. The molecule has 3 nitrogen and oxygen atoms in total. The van der Waals surface area contributed by atoms with E-state index in [-0.39, 0.29) is 10.8 Å². The highest BCUT2D eigenvalue weighted by molar-refractivity contribution is 7.90. The number of rotatable bonds is 6. The van der Waals surface area contributed by atoms with Gasteiger partial charge in [0.25, 0.3) is 6.43 Å². The number of halogens is 2. The Morgan fingerprint density at radius 1 is 1.33 bits per heavy atom. The molecule has 0 saturated carbocycles. The van der Waals surface area contributed by atoms with Crippen molar-refractivity contribution in [3.63, 3.8) is 0 Å². The van der Waals surface area contributed by atoms with Crippen LogP contribution in [0.5, 0.6) is 5.75 Å². The van der Waals surface area contributed by atoms with Gasteiger partial charge in [-0.25, -0.2) is 8.78 Å². The first kappa shape index (κ1) is 18.2. The van der Waals surface area contributed by atoms with Crippen molar-refractivity contribution in [3.8, 4) is 5.75 Å². The van der Waals surface area contributed by atoms with Crippen LogP contribution >= 0.6 is 0 Å². The van der Waals surface area contributed by atoms with E-state index < -0.39 is 24.4 Å². The minimum atomic E-state index is -2.50. The predicted octanol–water partition coefficient (Wildman–Crippen LogP) is 3.75. The van der Waals surface area contributed by atoms with E-state index in [4.69, 9.17) is 4.74 Å². The monoisotopic (exact) mass is 319 g/mol. The topological polar surface area (TPSA) is 44.3 Å². The SMILES string of the molecule is Cc1ccc([C@@H](C)N[S+]([O-])C(C)(C)C)cc1OCC(F)F. The Morgan fingerprint density at radius 2 is 1.95 bits per heavy atom. The average molecular weight is 319 g/mol. The lowest BCUT2D eigenvalue weighted by Gasteiger charge is -2.26. The van der Waals surface area contributed by atoms with Gasteiger partial charge in [0.2, 0.25) is 0 Å². The zero-order valence-corrected chi connectivity index (χ0v) is 13.9. The molecule has 21 heavy (non-hydrogen) atoms. The summed E-state index contributed by atoms with van der Waals surface area (Å²) < 4.78 is 44.3. The van der Waals surface area contributed by atoms with Gasteiger partial charge in [0.1, 0.15) is 17.1 Å². The summed E-state index contributed by atoms with van der Waals surface area (Å²) in [6, 6.07) is 5.24. The van der Waals surface area contributed by atoms with Gasteiger partial charge >= 0.3 is 0 Å². The van der Waals surface area contributed by atoms with Crippen LogP contribution in [-0.4, -0.2) is 22.3 Å². The maximum absolute atomic E-state index is 12.2. The molecule has 6 heteroatoms. The van der Waals surface area contributed by atoms with Crippen molar-refractivity contribution in [1.82, 2.24) is 4.72 Å². The summed E-state index contributed by atoms with van der Waals surface area (Å²) in [7, 11) is 0. The normalized spacial score (nSPS) is 15.1. The number of alkyl halides is 2. The zero-order valence-electron chi connectivity index (χ0n) is 13.1. The maximum atomic E-state index is 12.2. The number of hydrogen-bond donors (Lipinski definition) is 1. The first-order valence-corrected chi connectivity index (χ1v) is 7.95. The Bertz CT molecular complexity index is 463. The molecule has 0 fully saturated rings. The number of ether oxygens (including phenoxy) is 1. The van der Waals surface area contributed by atoms with Crippen molar-refractivity contribution in [2.45, 2.75) is 51.8 Å². The van der Waals surface area contributed by atoms with Crippen LogP contribution in [0.3, 0.4) is 0 Å². The van der Waals surface area contributed by atoms with Crippen LogP contribution in [0.4, 0.5) is 8.78 Å². The largest absolute Gasteiger partial charge is 0.598 e. The maximum Gasteiger partial charge on any atom is 0.272 e. The Morgan fingerprint density at radius 3 is 2.48 bits per heavy atom. The molecule has 0 aromatic heterocycles. The van der Waals surface area contributed by atoms with Crippen LogP contribution in [0.2, 0.25) is 0 Å². The van der Waals surface area contributed by atoms with E-state index in [0.717, 1.165) is 11.1 Å². The van der Waals surface area contributed by atoms with Crippen LogP contribution in [0, 0.1) is 6.92 Å². The molecule has 1 N–H and O–H groups in total. The lowest BCUT2D eigenvalue weighted by Crippen LogP contribution is -2.40. The zero-order chi connectivity index (χ0) is 16.2. The molecule has 0 heterocycles. The van der Waals surface area contributed by atoms with Gasteiger partial charge in [-0.15, -0.1) is 4.72 Å². The molecule has 1 aromatic carbocycles. The Hall–Kier alpha value is -0.850. The van der Waals surface area contributed by atoms with Gasteiger partial charge < -0.3 is 9.29 Å². The molecule has 1 aromatic rings. The molecule has 0 aliphatic carbocycles. The van der Waals surface area contributed by atoms with Gasteiger partial charge in [-0.05, 0) is 51.8 Å². The van der Waals surface area contributed by atoms with Crippen LogP contribution < -0.4 is 9.46 Å². The molecule has 0 aliphatic heterocycles. The first-order valence-electron chi connectivity index (χ1n) is 6.81. The van der Waals surface area contributed by atoms with Crippen LogP contribution in [0.15, 0.2) is 18.2 Å². The summed E-state index contributed by atoms with van der Waals surface area (Å²) in [5, 5.41) is 0. The Labute approximate surface area is 128 Å². The molecular formula is C15H23F2NO2S. The lowest BCUT2D eigenvalue weighted by molar-refractivity contribution is 0.0815. The highest BCUT2D eigenvalue weighted by Gasteiger charge is 2.28. The highest BCUT2D eigenvalue weighted by Crippen LogP contribution is 2.25. The number of hydrogen-bond acceptors (Lipinski definition) is 3. The van der Waals surface area contributed by atoms with Gasteiger partial charge in [0.05, 0.1) is 6.04 Å². The van der Waals surface area contributed by atoms with Gasteiger partial charge in [-0.2, -0.15) is 0 Å². The molecule has 0 radical (unpaired) electrons. The molecule has 1 unspecified atom stereocenters. The molecule has 0 bridgehead atoms. The van der Waals surface area contributed by atoms with Crippen molar-refractivity contribution in [1.29, 1.82) is 0 Å². The van der Waals surface area contributed by atoms with Crippen molar-refractivity contribution in [3.05, 3.63) is 29.3 Å². The molecule has 0 saturated heterocycles. The van der Waals surface area contributed by atoms with Crippen molar-refractivity contribution in [2.24, 2.45) is 0 Å². The number of nitrogens with one attached hydrogen (secondary N) is 1. The summed E-state index contributed by atoms with van der Waals surface area (Å²) in [4.78, 5) is 0. The van der Waals surface area contributed by atoms with Crippen molar-refractivity contribution >= 4 is 11.4 Å². The van der Waals surface area contributed by atoms with Crippen molar-refractivity contribution < 1.29 is 18.1 Å². The highest BCUT2D eigenvalue weighted by atomic mass is 32.2. The number of benzene rings is 1. The second-order valence-corrected chi connectivity index (χ2v) is 7.95.